The molecule has 6 nitrogen and oxygen atoms in total. The van der Waals surface area contributed by atoms with Gasteiger partial charge in [-0.1, -0.05) is 68.4 Å². The molecule has 2 rings (SSSR count). The molecule has 0 saturated carbocycles. The van der Waals surface area contributed by atoms with E-state index < -0.39 is 24.0 Å². The van der Waals surface area contributed by atoms with Crippen LogP contribution in [0.4, 0.5) is 0 Å². The molecule has 0 aromatic heterocycles. The highest BCUT2D eigenvalue weighted by molar-refractivity contribution is 6.08. The highest BCUT2D eigenvalue weighted by Gasteiger charge is 2.26. The molecule has 154 valence electrons. The van der Waals surface area contributed by atoms with Crippen LogP contribution in [0.3, 0.4) is 0 Å². The predicted octanol–water partition coefficient (Wildman–Crippen LogP) is 2.52. The van der Waals surface area contributed by atoms with Gasteiger partial charge in [-0.05, 0) is 17.9 Å². The van der Waals surface area contributed by atoms with E-state index >= 15 is 0 Å². The number of aliphatic hydroxyl groups is 1. The lowest BCUT2D eigenvalue weighted by atomic mass is 9.99. The van der Waals surface area contributed by atoms with E-state index in [4.69, 9.17) is 4.74 Å². The van der Waals surface area contributed by atoms with E-state index in [1.54, 1.807) is 48.5 Å². The van der Waals surface area contributed by atoms with Crippen molar-refractivity contribution in [1.29, 1.82) is 0 Å². The quantitative estimate of drug-likeness (QED) is 0.501. The molecule has 29 heavy (non-hydrogen) atoms. The Bertz CT molecular complexity index is 830. The van der Waals surface area contributed by atoms with Crippen molar-refractivity contribution in [3.8, 4) is 0 Å². The molecule has 2 atom stereocenters. The number of hydrogen-bond donors (Lipinski definition) is 2. The largest absolute Gasteiger partial charge is 0.467 e. The smallest absolute Gasteiger partial charge is 0.328 e. The van der Waals surface area contributed by atoms with Crippen LogP contribution < -0.4 is 5.32 Å². The van der Waals surface area contributed by atoms with E-state index in [9.17, 15) is 19.5 Å². The standard InChI is InChI=1S/C23H27NO5/c1-15(2)13-20(25)22(27)24-19(23(28)29-3)14-16-9-11-18(12-10-16)21(26)17-7-5-4-6-8-17/h4-12,15,19-20,25H,13-14H2,1-3H3,(H,24,27)/t19-,20-/m1/s1. The molecule has 0 unspecified atom stereocenters. The molecule has 0 radical (unpaired) electrons. The van der Waals surface area contributed by atoms with Crippen LogP contribution in [0.2, 0.25) is 0 Å². The van der Waals surface area contributed by atoms with Crippen molar-refractivity contribution in [2.45, 2.75) is 38.8 Å². The average Bonchev–Trinajstić information content (AvgIpc) is 2.72. The van der Waals surface area contributed by atoms with Gasteiger partial charge in [-0.2, -0.15) is 0 Å². The number of ether oxygens (including phenoxy) is 1. The second-order valence-electron chi connectivity index (χ2n) is 7.33. The summed E-state index contributed by atoms with van der Waals surface area (Å²) in [5, 5.41) is 12.5. The minimum atomic E-state index is -1.19. The van der Waals surface area contributed by atoms with Crippen molar-refractivity contribution in [2.24, 2.45) is 5.92 Å². The maximum absolute atomic E-state index is 12.5. The molecule has 2 aromatic rings. The summed E-state index contributed by atoms with van der Waals surface area (Å²) in [6.45, 7) is 3.79. The highest BCUT2D eigenvalue weighted by Crippen LogP contribution is 2.13. The monoisotopic (exact) mass is 397 g/mol. The zero-order chi connectivity index (χ0) is 21.4. The van der Waals surface area contributed by atoms with Crippen LogP contribution in [-0.2, 0) is 20.7 Å². The van der Waals surface area contributed by atoms with Crippen molar-refractivity contribution in [1.82, 2.24) is 5.32 Å². The summed E-state index contributed by atoms with van der Waals surface area (Å²) < 4.78 is 4.78. The number of carbonyl (C=O) groups excluding carboxylic acids is 3. The van der Waals surface area contributed by atoms with Crippen molar-refractivity contribution < 1.29 is 24.2 Å². The Labute approximate surface area is 170 Å². The minimum Gasteiger partial charge on any atom is -0.467 e. The van der Waals surface area contributed by atoms with Crippen LogP contribution in [0.5, 0.6) is 0 Å². The summed E-state index contributed by atoms with van der Waals surface area (Å²) in [6, 6.07) is 14.9. The number of nitrogens with one attached hydrogen (secondary N) is 1. The molecule has 0 heterocycles. The van der Waals surface area contributed by atoms with E-state index in [-0.39, 0.29) is 18.1 Å². The summed E-state index contributed by atoms with van der Waals surface area (Å²) in [4.78, 5) is 36.8. The van der Waals surface area contributed by atoms with Gasteiger partial charge in [0.15, 0.2) is 5.78 Å². The molecular weight excluding hydrogens is 370 g/mol. The summed E-state index contributed by atoms with van der Waals surface area (Å²) in [5.74, 6) is -1.15. The maximum Gasteiger partial charge on any atom is 0.328 e. The summed E-state index contributed by atoms with van der Waals surface area (Å²) in [7, 11) is 1.24. The van der Waals surface area contributed by atoms with Crippen molar-refractivity contribution in [3.05, 3.63) is 71.3 Å². The van der Waals surface area contributed by atoms with E-state index in [2.05, 4.69) is 5.32 Å². The number of esters is 1. The molecule has 0 fully saturated rings. The minimum absolute atomic E-state index is 0.0909. The first-order valence-electron chi connectivity index (χ1n) is 9.56. The van der Waals surface area contributed by atoms with Crippen LogP contribution in [0.15, 0.2) is 54.6 Å². The fourth-order valence-corrected chi connectivity index (χ4v) is 2.94. The molecule has 0 aliphatic rings. The van der Waals surface area contributed by atoms with Gasteiger partial charge in [-0.25, -0.2) is 4.79 Å². The van der Waals surface area contributed by atoms with E-state index in [1.807, 2.05) is 19.9 Å². The molecule has 0 saturated heterocycles. The van der Waals surface area contributed by atoms with Gasteiger partial charge in [0.1, 0.15) is 12.1 Å². The van der Waals surface area contributed by atoms with Gasteiger partial charge in [0.2, 0.25) is 5.91 Å². The third kappa shape index (κ3) is 6.54. The molecule has 0 spiro atoms. The number of ketones is 1. The van der Waals surface area contributed by atoms with Gasteiger partial charge >= 0.3 is 5.97 Å². The number of hydrogen-bond acceptors (Lipinski definition) is 5. The predicted molar refractivity (Wildman–Crippen MR) is 109 cm³/mol. The zero-order valence-electron chi connectivity index (χ0n) is 16.9. The molecule has 6 heteroatoms. The van der Waals surface area contributed by atoms with E-state index in [0.717, 1.165) is 5.56 Å². The summed E-state index contributed by atoms with van der Waals surface area (Å²) in [6.07, 6.45) is -0.698. The van der Waals surface area contributed by atoms with Crippen molar-refractivity contribution in [3.63, 3.8) is 0 Å². The van der Waals surface area contributed by atoms with Gasteiger partial charge in [0.25, 0.3) is 0 Å². The Balaban J connectivity index is 2.08. The fourth-order valence-electron chi connectivity index (χ4n) is 2.94. The van der Waals surface area contributed by atoms with Crippen LogP contribution in [0, 0.1) is 5.92 Å². The van der Waals surface area contributed by atoms with E-state index in [0.29, 0.717) is 17.5 Å². The normalized spacial score (nSPS) is 12.9. The summed E-state index contributed by atoms with van der Waals surface area (Å²) in [5.41, 5.74) is 1.88. The number of carbonyl (C=O) groups is 3. The third-order valence-corrected chi connectivity index (χ3v) is 4.49. The molecule has 0 aliphatic heterocycles. The van der Waals surface area contributed by atoms with Gasteiger partial charge in [-0.15, -0.1) is 0 Å². The van der Waals surface area contributed by atoms with Crippen molar-refractivity contribution in [2.75, 3.05) is 7.11 Å². The van der Waals surface area contributed by atoms with Crippen LogP contribution >= 0.6 is 0 Å². The molecular formula is C23H27NO5. The second-order valence-corrected chi connectivity index (χ2v) is 7.33. The van der Waals surface area contributed by atoms with Gasteiger partial charge < -0.3 is 15.2 Å². The Morgan fingerprint density at radius 2 is 1.55 bits per heavy atom. The second kappa shape index (κ2) is 10.5. The first kappa shape index (κ1) is 22.3. The lowest BCUT2D eigenvalue weighted by Gasteiger charge is -2.19. The van der Waals surface area contributed by atoms with Gasteiger partial charge in [0.05, 0.1) is 7.11 Å². The number of amides is 1. The Hall–Kier alpha value is -2.99. The number of rotatable bonds is 9. The van der Waals surface area contributed by atoms with Crippen LogP contribution in [0.1, 0.15) is 41.8 Å². The molecule has 2 N–H and O–H groups in total. The van der Waals surface area contributed by atoms with Gasteiger partial charge in [-0.3, -0.25) is 9.59 Å². The Kier molecular flexibility index (Phi) is 8.09. The van der Waals surface area contributed by atoms with Crippen LogP contribution in [0.25, 0.3) is 0 Å². The average molecular weight is 397 g/mol. The third-order valence-electron chi connectivity index (χ3n) is 4.49. The molecule has 0 bridgehead atoms. The first-order valence-corrected chi connectivity index (χ1v) is 9.56. The lowest BCUT2D eigenvalue weighted by molar-refractivity contribution is -0.146. The number of methoxy groups -OCH3 is 1. The molecule has 1 amide bonds. The molecule has 2 aromatic carbocycles. The number of benzene rings is 2. The molecule has 0 aliphatic carbocycles. The topological polar surface area (TPSA) is 92.7 Å². The fraction of sp³-hybridized carbons (Fsp3) is 0.348. The lowest BCUT2D eigenvalue weighted by Crippen LogP contribution is -2.47. The van der Waals surface area contributed by atoms with Crippen molar-refractivity contribution >= 4 is 17.7 Å². The van der Waals surface area contributed by atoms with Gasteiger partial charge in [0, 0.05) is 17.5 Å². The maximum atomic E-state index is 12.5. The highest BCUT2D eigenvalue weighted by atomic mass is 16.5. The Morgan fingerprint density at radius 1 is 0.966 bits per heavy atom. The zero-order valence-corrected chi connectivity index (χ0v) is 16.9. The Morgan fingerprint density at radius 3 is 2.10 bits per heavy atom. The number of aliphatic hydroxyl groups excluding tert-OH is 1. The SMILES string of the molecule is COC(=O)[C@@H](Cc1ccc(C(=O)c2ccccc2)cc1)NC(=O)[C@H](O)CC(C)C. The first-order chi connectivity index (χ1) is 13.8. The van der Waals surface area contributed by atoms with Crippen LogP contribution in [-0.4, -0.2) is 42.0 Å². The summed E-state index contributed by atoms with van der Waals surface area (Å²) >= 11 is 0. The van der Waals surface area contributed by atoms with E-state index in [1.165, 1.54) is 7.11 Å².